The summed E-state index contributed by atoms with van der Waals surface area (Å²) in [6.45, 7) is -0.0227. The van der Waals surface area contributed by atoms with Gasteiger partial charge in [0.1, 0.15) is 0 Å². The van der Waals surface area contributed by atoms with Gasteiger partial charge in [-0.1, -0.05) is 19.3 Å². The summed E-state index contributed by atoms with van der Waals surface area (Å²) in [4.78, 5) is 24.3. The van der Waals surface area contributed by atoms with Gasteiger partial charge in [-0.3, -0.25) is 9.59 Å². The summed E-state index contributed by atoms with van der Waals surface area (Å²) < 4.78 is 5.22. The Bertz CT molecular complexity index is 791. The molecule has 1 saturated carbocycles. The molecule has 1 aromatic carbocycles. The van der Waals surface area contributed by atoms with Gasteiger partial charge in [0.25, 0.3) is 10.7 Å². The molecule has 2 amide bonds. The maximum absolute atomic E-state index is 12.1. The zero-order valence-corrected chi connectivity index (χ0v) is 14.5. The first kappa shape index (κ1) is 17.3. The smallest absolute Gasteiger partial charge is 0.284 e. The number of carbonyl (C=O) groups is 2. The van der Waals surface area contributed by atoms with Crippen LogP contribution >= 0.6 is 12.2 Å². The molecule has 3 N–H and O–H groups in total. The molecule has 2 aromatic rings. The summed E-state index contributed by atoms with van der Waals surface area (Å²) in [5.41, 5.74) is 1.17. The average Bonchev–Trinajstić information content (AvgIpc) is 3.07. The van der Waals surface area contributed by atoms with Gasteiger partial charge >= 0.3 is 0 Å². The summed E-state index contributed by atoms with van der Waals surface area (Å²) in [7, 11) is 0. The molecule has 1 fully saturated rings. The predicted molar refractivity (Wildman–Crippen MR) is 94.5 cm³/mol. The highest BCUT2D eigenvalue weighted by Crippen LogP contribution is 2.18. The molecule has 25 heavy (non-hydrogen) atoms. The average molecular weight is 360 g/mol. The third kappa shape index (κ3) is 4.76. The second-order valence-corrected chi connectivity index (χ2v) is 6.45. The van der Waals surface area contributed by atoms with Crippen molar-refractivity contribution in [2.45, 2.75) is 38.1 Å². The molecule has 0 saturated heterocycles. The maximum Gasteiger partial charge on any atom is 0.284 e. The lowest BCUT2D eigenvalue weighted by Crippen LogP contribution is -2.42. The first-order valence-corrected chi connectivity index (χ1v) is 8.76. The van der Waals surface area contributed by atoms with Crippen LogP contribution in [0, 0.1) is 4.84 Å². The number of H-pyrrole nitrogens is 1. The molecule has 7 nitrogen and oxygen atoms in total. The van der Waals surface area contributed by atoms with E-state index in [9.17, 15) is 9.59 Å². The van der Waals surface area contributed by atoms with Crippen molar-refractivity contribution >= 4 is 24.0 Å². The van der Waals surface area contributed by atoms with Gasteiger partial charge < -0.3 is 15.1 Å². The third-order valence-electron chi connectivity index (χ3n) is 4.21. The van der Waals surface area contributed by atoms with Crippen LogP contribution in [0.5, 0.6) is 0 Å². The van der Waals surface area contributed by atoms with Gasteiger partial charge in [-0.2, -0.15) is 0 Å². The number of benzene rings is 1. The van der Waals surface area contributed by atoms with E-state index in [-0.39, 0.29) is 29.2 Å². The summed E-state index contributed by atoms with van der Waals surface area (Å²) in [6, 6.07) is 6.97. The van der Waals surface area contributed by atoms with Gasteiger partial charge in [-0.05, 0) is 49.3 Å². The highest BCUT2D eigenvalue weighted by molar-refractivity contribution is 7.71. The second-order valence-electron chi connectivity index (χ2n) is 6.08. The Morgan fingerprint density at radius 1 is 1.20 bits per heavy atom. The summed E-state index contributed by atoms with van der Waals surface area (Å²) in [5, 5.41) is 12.1. The monoisotopic (exact) mass is 360 g/mol. The van der Waals surface area contributed by atoms with Crippen molar-refractivity contribution in [1.82, 2.24) is 20.8 Å². The van der Waals surface area contributed by atoms with E-state index in [0.29, 0.717) is 17.0 Å². The maximum atomic E-state index is 12.1. The minimum atomic E-state index is -0.298. The predicted octanol–water partition coefficient (Wildman–Crippen LogP) is 2.58. The Labute approximate surface area is 150 Å². The molecule has 1 aliphatic carbocycles. The van der Waals surface area contributed by atoms with E-state index in [2.05, 4.69) is 20.8 Å². The Balaban J connectivity index is 1.50. The molecule has 0 atom stereocenters. The van der Waals surface area contributed by atoms with Crippen LogP contribution in [-0.2, 0) is 4.79 Å². The van der Waals surface area contributed by atoms with Crippen molar-refractivity contribution < 1.29 is 14.0 Å². The lowest BCUT2D eigenvalue weighted by atomic mass is 9.95. The van der Waals surface area contributed by atoms with Gasteiger partial charge in [-0.25, -0.2) is 5.10 Å². The van der Waals surface area contributed by atoms with Gasteiger partial charge in [0.05, 0.1) is 6.54 Å². The molecule has 3 rings (SSSR count). The highest BCUT2D eigenvalue weighted by Gasteiger charge is 2.16. The Hall–Kier alpha value is -2.48. The fourth-order valence-corrected chi connectivity index (χ4v) is 3.03. The first-order chi connectivity index (χ1) is 12.1. The van der Waals surface area contributed by atoms with Crippen LogP contribution in [0.3, 0.4) is 0 Å². The van der Waals surface area contributed by atoms with E-state index >= 15 is 0 Å². The number of aromatic nitrogens is 2. The quantitative estimate of drug-likeness (QED) is 0.712. The molecule has 132 valence electrons. The molecule has 0 unspecified atom stereocenters. The van der Waals surface area contributed by atoms with E-state index in [4.69, 9.17) is 16.6 Å². The first-order valence-electron chi connectivity index (χ1n) is 8.35. The molecule has 1 aromatic heterocycles. The van der Waals surface area contributed by atoms with Gasteiger partial charge in [-0.15, -0.1) is 5.10 Å². The number of carbonyl (C=O) groups excluding carboxylic acids is 2. The van der Waals surface area contributed by atoms with Gasteiger partial charge in [0.15, 0.2) is 0 Å². The molecule has 0 aliphatic heterocycles. The number of nitrogens with one attached hydrogen (secondary N) is 3. The van der Waals surface area contributed by atoms with Crippen LogP contribution in [0.4, 0.5) is 0 Å². The van der Waals surface area contributed by atoms with Crippen LogP contribution < -0.4 is 10.6 Å². The molecule has 1 aliphatic rings. The number of nitrogens with zero attached hydrogens (tertiary/aromatic N) is 1. The van der Waals surface area contributed by atoms with Crippen LogP contribution in [0.25, 0.3) is 11.5 Å². The minimum Gasteiger partial charge on any atom is -0.409 e. The third-order valence-corrected chi connectivity index (χ3v) is 4.39. The van der Waals surface area contributed by atoms with Crippen molar-refractivity contribution in [3.05, 3.63) is 34.7 Å². The number of rotatable bonds is 5. The number of hydrogen-bond donors (Lipinski definition) is 3. The Morgan fingerprint density at radius 3 is 2.56 bits per heavy atom. The molecule has 0 bridgehead atoms. The summed E-state index contributed by atoms with van der Waals surface area (Å²) >= 11 is 4.83. The van der Waals surface area contributed by atoms with Crippen LogP contribution in [-0.4, -0.2) is 34.6 Å². The number of hydrogen-bond acceptors (Lipinski definition) is 5. The fourth-order valence-electron chi connectivity index (χ4n) is 2.91. The highest BCUT2D eigenvalue weighted by atomic mass is 32.1. The van der Waals surface area contributed by atoms with E-state index in [1.54, 1.807) is 24.3 Å². The van der Waals surface area contributed by atoms with Crippen LogP contribution in [0.1, 0.15) is 42.5 Å². The standard InChI is InChI=1S/C17H20N4O3S/c22-14(19-13-4-2-1-3-5-13)10-18-15(23)11-6-8-12(9-7-11)16-20-21-17(25)24-16/h6-9,13H,1-5,10H2,(H,18,23)(H,19,22)(H,21,25). The number of amides is 2. The zero-order valence-electron chi connectivity index (χ0n) is 13.7. The van der Waals surface area contributed by atoms with Gasteiger partial charge in [0, 0.05) is 17.2 Å². The Kier molecular flexibility index (Phi) is 5.60. The van der Waals surface area contributed by atoms with Crippen molar-refractivity contribution in [2.75, 3.05) is 6.54 Å². The lowest BCUT2D eigenvalue weighted by Gasteiger charge is -2.22. The molecule has 0 radical (unpaired) electrons. The van der Waals surface area contributed by atoms with E-state index in [0.717, 1.165) is 25.7 Å². The molecule has 1 heterocycles. The second kappa shape index (κ2) is 8.06. The SMILES string of the molecule is O=C(CNC(=O)c1ccc(-c2n[nH]c(=S)o2)cc1)NC1CCCCC1. The van der Waals surface area contributed by atoms with Gasteiger partial charge in [0.2, 0.25) is 11.8 Å². The van der Waals surface area contributed by atoms with Crippen molar-refractivity contribution in [2.24, 2.45) is 0 Å². The lowest BCUT2D eigenvalue weighted by molar-refractivity contribution is -0.121. The summed E-state index contributed by atoms with van der Waals surface area (Å²) in [5.74, 6) is -0.0812. The largest absolute Gasteiger partial charge is 0.409 e. The topological polar surface area (TPSA) is 100 Å². The molecule has 8 heteroatoms. The van der Waals surface area contributed by atoms with E-state index < -0.39 is 0 Å². The van der Waals surface area contributed by atoms with Crippen molar-refractivity contribution in [1.29, 1.82) is 0 Å². The molecular weight excluding hydrogens is 340 g/mol. The normalized spacial score (nSPS) is 14.9. The van der Waals surface area contributed by atoms with E-state index in [1.165, 1.54) is 6.42 Å². The van der Waals surface area contributed by atoms with Crippen molar-refractivity contribution in [3.8, 4) is 11.5 Å². The molecule has 0 spiro atoms. The number of aromatic amines is 1. The van der Waals surface area contributed by atoms with Crippen LogP contribution in [0.15, 0.2) is 28.7 Å². The minimum absolute atomic E-state index is 0.0227. The van der Waals surface area contributed by atoms with Crippen LogP contribution in [0.2, 0.25) is 0 Å². The fraction of sp³-hybridized carbons (Fsp3) is 0.412. The van der Waals surface area contributed by atoms with Crippen molar-refractivity contribution in [3.63, 3.8) is 0 Å². The summed E-state index contributed by atoms with van der Waals surface area (Å²) in [6.07, 6.45) is 5.58. The molecular formula is C17H20N4O3S. The zero-order chi connectivity index (χ0) is 17.6. The van der Waals surface area contributed by atoms with E-state index in [1.807, 2.05) is 0 Å². The Morgan fingerprint density at radius 2 is 1.92 bits per heavy atom.